The Morgan fingerprint density at radius 1 is 1.26 bits per heavy atom. The minimum Gasteiger partial charge on any atom is -0.466 e. The molecular formula is C16H31NO2. The maximum atomic E-state index is 10.9. The molecule has 0 saturated heterocycles. The summed E-state index contributed by atoms with van der Waals surface area (Å²) in [7, 11) is 0. The molecule has 0 aromatic carbocycles. The highest BCUT2D eigenvalue weighted by atomic mass is 16.5. The van der Waals surface area contributed by atoms with Crippen LogP contribution in [0.5, 0.6) is 0 Å². The summed E-state index contributed by atoms with van der Waals surface area (Å²) in [5.74, 6) is 0.319. The minimum absolute atomic E-state index is 0.177. The van der Waals surface area contributed by atoms with E-state index in [9.17, 15) is 4.79 Å². The molecule has 0 amide bonds. The van der Waals surface area contributed by atoms with Gasteiger partial charge in [-0.05, 0) is 38.0 Å². The van der Waals surface area contributed by atoms with Crippen LogP contribution in [-0.4, -0.2) is 18.6 Å². The van der Waals surface area contributed by atoms with Crippen molar-refractivity contribution in [2.24, 2.45) is 11.7 Å². The zero-order valence-electron chi connectivity index (χ0n) is 12.7. The second-order valence-electron chi connectivity index (χ2n) is 5.37. The van der Waals surface area contributed by atoms with Gasteiger partial charge in [-0.1, -0.05) is 32.3 Å². The van der Waals surface area contributed by atoms with E-state index in [0.717, 1.165) is 38.5 Å². The van der Waals surface area contributed by atoms with Crippen molar-refractivity contribution >= 4 is 5.97 Å². The Hall–Kier alpha value is -0.830. The van der Waals surface area contributed by atoms with Crippen LogP contribution in [0.15, 0.2) is 12.7 Å². The van der Waals surface area contributed by atoms with Crippen LogP contribution in [-0.2, 0) is 9.53 Å². The first kappa shape index (κ1) is 18.2. The van der Waals surface area contributed by atoms with E-state index in [4.69, 9.17) is 10.5 Å². The van der Waals surface area contributed by atoms with Gasteiger partial charge in [-0.25, -0.2) is 0 Å². The zero-order chi connectivity index (χ0) is 14.5. The van der Waals surface area contributed by atoms with Gasteiger partial charge in [-0.2, -0.15) is 0 Å². The highest BCUT2D eigenvalue weighted by molar-refractivity contribution is 5.65. The van der Waals surface area contributed by atoms with Gasteiger partial charge in [0.15, 0.2) is 0 Å². The van der Waals surface area contributed by atoms with Crippen molar-refractivity contribution in [2.45, 2.75) is 71.3 Å². The van der Waals surface area contributed by atoms with Crippen molar-refractivity contribution in [3.05, 3.63) is 12.7 Å². The average Bonchev–Trinajstić information content (AvgIpc) is 2.38. The minimum atomic E-state index is -0.177. The summed E-state index contributed by atoms with van der Waals surface area (Å²) in [5.41, 5.74) is 6.04. The van der Waals surface area contributed by atoms with Crippen LogP contribution < -0.4 is 5.73 Å². The number of hydrogen-bond donors (Lipinski definition) is 1. The highest BCUT2D eigenvalue weighted by Crippen LogP contribution is 2.18. The fourth-order valence-corrected chi connectivity index (χ4v) is 2.18. The molecule has 3 heteroatoms. The van der Waals surface area contributed by atoms with Crippen molar-refractivity contribution in [3.8, 4) is 0 Å². The van der Waals surface area contributed by atoms with Gasteiger partial charge in [0.25, 0.3) is 0 Å². The number of carbonyl (C=O) groups excluding carboxylic acids is 1. The van der Waals surface area contributed by atoms with Crippen LogP contribution in [0.3, 0.4) is 0 Å². The fraction of sp³-hybridized carbons (Fsp3) is 0.812. The molecule has 0 saturated carbocycles. The molecule has 0 bridgehead atoms. The number of hydrogen-bond acceptors (Lipinski definition) is 3. The van der Waals surface area contributed by atoms with E-state index in [1.807, 2.05) is 6.08 Å². The summed E-state index contributed by atoms with van der Waals surface area (Å²) >= 11 is 0. The van der Waals surface area contributed by atoms with Gasteiger partial charge >= 0.3 is 5.97 Å². The first-order chi connectivity index (χ1) is 9.10. The van der Waals surface area contributed by atoms with E-state index in [0.29, 0.717) is 12.5 Å². The Bertz CT molecular complexity index is 241. The maximum absolute atomic E-state index is 10.9. The van der Waals surface area contributed by atoms with E-state index >= 15 is 0 Å². The molecule has 0 aliphatic heterocycles. The lowest BCUT2D eigenvalue weighted by molar-refractivity contribution is -0.142. The molecule has 3 nitrogen and oxygen atoms in total. The normalized spacial score (nSPS) is 13.8. The highest BCUT2D eigenvalue weighted by Gasteiger charge is 2.11. The Labute approximate surface area is 118 Å². The van der Waals surface area contributed by atoms with Crippen LogP contribution in [0, 0.1) is 5.92 Å². The predicted molar refractivity (Wildman–Crippen MR) is 80.9 cm³/mol. The van der Waals surface area contributed by atoms with Gasteiger partial charge < -0.3 is 10.5 Å². The van der Waals surface area contributed by atoms with Crippen molar-refractivity contribution in [1.29, 1.82) is 0 Å². The smallest absolute Gasteiger partial charge is 0.302 e. The van der Waals surface area contributed by atoms with Gasteiger partial charge in [0.1, 0.15) is 0 Å². The topological polar surface area (TPSA) is 52.3 Å². The van der Waals surface area contributed by atoms with Crippen molar-refractivity contribution in [3.63, 3.8) is 0 Å². The Balaban J connectivity index is 3.82. The van der Waals surface area contributed by atoms with Gasteiger partial charge in [-0.15, -0.1) is 6.58 Å². The molecule has 0 heterocycles. The van der Waals surface area contributed by atoms with Crippen LogP contribution in [0.4, 0.5) is 0 Å². The number of esters is 1. The number of unbranched alkanes of at least 4 members (excludes halogenated alkanes) is 1. The number of rotatable bonds is 12. The SMILES string of the molecule is C=CCC[C@@H](N)CCC[C@H](CCCC)COC(C)=O. The van der Waals surface area contributed by atoms with Crippen LogP contribution in [0.1, 0.15) is 65.2 Å². The molecule has 0 fully saturated rings. The zero-order valence-corrected chi connectivity index (χ0v) is 12.7. The lowest BCUT2D eigenvalue weighted by Crippen LogP contribution is -2.20. The standard InChI is InChI=1S/C16H31NO2/c1-4-6-9-15(13-19-14(3)18)10-8-12-16(17)11-7-5-2/h5,15-16H,2,4,6-13,17H2,1,3H3/t15-,16+/m0/s1. The van der Waals surface area contributed by atoms with Gasteiger partial charge in [0, 0.05) is 13.0 Å². The van der Waals surface area contributed by atoms with Crippen molar-refractivity contribution in [2.75, 3.05) is 6.61 Å². The fourth-order valence-electron chi connectivity index (χ4n) is 2.18. The van der Waals surface area contributed by atoms with E-state index in [2.05, 4.69) is 13.5 Å². The van der Waals surface area contributed by atoms with E-state index < -0.39 is 0 Å². The van der Waals surface area contributed by atoms with E-state index in [1.54, 1.807) is 0 Å². The first-order valence-electron chi connectivity index (χ1n) is 7.60. The Kier molecular flexibility index (Phi) is 11.7. The summed E-state index contributed by atoms with van der Waals surface area (Å²) in [5, 5.41) is 0. The third-order valence-corrected chi connectivity index (χ3v) is 3.42. The van der Waals surface area contributed by atoms with Crippen LogP contribution in [0.25, 0.3) is 0 Å². The van der Waals surface area contributed by atoms with Gasteiger partial charge in [0.2, 0.25) is 0 Å². The van der Waals surface area contributed by atoms with Gasteiger partial charge in [-0.3, -0.25) is 4.79 Å². The number of ether oxygens (including phenoxy) is 1. The largest absolute Gasteiger partial charge is 0.466 e. The molecule has 0 spiro atoms. The molecule has 112 valence electrons. The van der Waals surface area contributed by atoms with Crippen LogP contribution in [0.2, 0.25) is 0 Å². The maximum Gasteiger partial charge on any atom is 0.302 e. The lowest BCUT2D eigenvalue weighted by atomic mass is 9.95. The molecule has 2 atom stereocenters. The third kappa shape index (κ3) is 12.0. The van der Waals surface area contributed by atoms with Gasteiger partial charge in [0.05, 0.1) is 6.61 Å². The third-order valence-electron chi connectivity index (χ3n) is 3.42. The first-order valence-corrected chi connectivity index (χ1v) is 7.60. The molecule has 0 radical (unpaired) electrons. The van der Waals surface area contributed by atoms with E-state index in [1.165, 1.54) is 19.8 Å². The van der Waals surface area contributed by atoms with Crippen LogP contribution >= 0.6 is 0 Å². The summed E-state index contributed by atoms with van der Waals surface area (Å²) in [6.45, 7) is 7.94. The Morgan fingerprint density at radius 3 is 2.53 bits per heavy atom. The summed E-state index contributed by atoms with van der Waals surface area (Å²) in [4.78, 5) is 10.9. The average molecular weight is 269 g/mol. The Morgan fingerprint density at radius 2 is 1.95 bits per heavy atom. The molecule has 2 N–H and O–H groups in total. The van der Waals surface area contributed by atoms with E-state index in [-0.39, 0.29) is 12.0 Å². The summed E-state index contributed by atoms with van der Waals surface area (Å²) < 4.78 is 5.14. The molecule has 19 heavy (non-hydrogen) atoms. The number of allylic oxidation sites excluding steroid dienone is 1. The van der Waals surface area contributed by atoms with Crippen molar-refractivity contribution < 1.29 is 9.53 Å². The number of carbonyl (C=O) groups is 1. The molecule has 0 unspecified atom stereocenters. The summed E-state index contributed by atoms with van der Waals surface area (Å²) in [6.07, 6.45) is 10.8. The molecule has 0 aromatic heterocycles. The molecule has 0 rings (SSSR count). The molecule has 0 aliphatic carbocycles. The molecule has 0 aliphatic rings. The predicted octanol–water partition coefficient (Wildman–Crippen LogP) is 3.82. The summed E-state index contributed by atoms with van der Waals surface area (Å²) in [6, 6.07) is 0.276. The monoisotopic (exact) mass is 269 g/mol. The lowest BCUT2D eigenvalue weighted by Gasteiger charge is -2.17. The quantitative estimate of drug-likeness (QED) is 0.433. The molecule has 0 aromatic rings. The second kappa shape index (κ2) is 12.2. The molecular weight excluding hydrogens is 238 g/mol. The second-order valence-corrected chi connectivity index (χ2v) is 5.37. The van der Waals surface area contributed by atoms with Crippen molar-refractivity contribution in [1.82, 2.24) is 0 Å². The number of nitrogens with two attached hydrogens (primary N) is 1.